The Morgan fingerprint density at radius 1 is 1.18 bits per heavy atom. The first-order chi connectivity index (χ1) is 16.5. The van der Waals surface area contributed by atoms with Crippen molar-refractivity contribution >= 4 is 23.1 Å². The van der Waals surface area contributed by atoms with Crippen LogP contribution in [-0.2, 0) is 17.8 Å². The molecule has 1 aliphatic rings. The maximum absolute atomic E-state index is 14.1. The molecule has 0 atom stereocenters. The SMILES string of the molecule is CNC(=O)NCCn1c(-c2ccc(CN3CCOCC3)cc2)csc1=Nc1ccc(C)c(F)c1. The van der Waals surface area contributed by atoms with Gasteiger partial charge in [0.05, 0.1) is 24.6 Å². The van der Waals surface area contributed by atoms with Gasteiger partial charge >= 0.3 is 6.03 Å². The molecule has 2 aromatic carbocycles. The predicted octanol–water partition coefficient (Wildman–Crippen LogP) is 3.66. The van der Waals surface area contributed by atoms with Crippen LogP contribution in [0.25, 0.3) is 11.3 Å². The molecule has 0 saturated carbocycles. The summed E-state index contributed by atoms with van der Waals surface area (Å²) < 4.78 is 21.6. The molecule has 7 nitrogen and oxygen atoms in total. The molecule has 1 saturated heterocycles. The van der Waals surface area contributed by atoms with Crippen LogP contribution in [0.2, 0.25) is 0 Å². The summed E-state index contributed by atoms with van der Waals surface area (Å²) >= 11 is 1.50. The fourth-order valence-electron chi connectivity index (χ4n) is 3.80. The van der Waals surface area contributed by atoms with Crippen molar-refractivity contribution in [2.75, 3.05) is 39.9 Å². The molecule has 0 radical (unpaired) electrons. The van der Waals surface area contributed by atoms with Crippen LogP contribution in [0.15, 0.2) is 52.8 Å². The average molecular weight is 484 g/mol. The van der Waals surface area contributed by atoms with Crippen LogP contribution < -0.4 is 15.4 Å². The molecule has 2 heterocycles. The van der Waals surface area contributed by atoms with E-state index in [4.69, 9.17) is 9.73 Å². The van der Waals surface area contributed by atoms with Crippen molar-refractivity contribution < 1.29 is 13.9 Å². The highest BCUT2D eigenvalue weighted by molar-refractivity contribution is 7.07. The molecular formula is C25H30FN5O2S. The highest BCUT2D eigenvalue weighted by Crippen LogP contribution is 2.23. The first-order valence-corrected chi connectivity index (χ1v) is 12.3. The minimum Gasteiger partial charge on any atom is -0.379 e. The number of carbonyl (C=O) groups excluding carboxylic acids is 1. The van der Waals surface area contributed by atoms with Gasteiger partial charge < -0.3 is 19.9 Å². The zero-order chi connectivity index (χ0) is 23.9. The minimum absolute atomic E-state index is 0.232. The van der Waals surface area contributed by atoms with E-state index in [9.17, 15) is 9.18 Å². The van der Waals surface area contributed by atoms with Gasteiger partial charge in [0, 0.05) is 45.2 Å². The van der Waals surface area contributed by atoms with Gasteiger partial charge in [-0.15, -0.1) is 11.3 Å². The number of aromatic nitrogens is 1. The third-order valence-corrected chi connectivity index (χ3v) is 6.65. The van der Waals surface area contributed by atoms with E-state index < -0.39 is 0 Å². The number of hydrogen-bond donors (Lipinski definition) is 2. The van der Waals surface area contributed by atoms with E-state index in [2.05, 4.69) is 49.7 Å². The van der Waals surface area contributed by atoms with Crippen molar-refractivity contribution in [3.05, 3.63) is 69.6 Å². The number of amides is 2. The van der Waals surface area contributed by atoms with Crippen LogP contribution in [0.3, 0.4) is 0 Å². The Morgan fingerprint density at radius 3 is 2.65 bits per heavy atom. The van der Waals surface area contributed by atoms with Gasteiger partial charge in [-0.1, -0.05) is 30.3 Å². The Morgan fingerprint density at radius 2 is 1.94 bits per heavy atom. The van der Waals surface area contributed by atoms with Crippen molar-refractivity contribution in [1.82, 2.24) is 20.1 Å². The molecule has 1 fully saturated rings. The number of urea groups is 1. The minimum atomic E-state index is -0.276. The third-order valence-electron chi connectivity index (χ3n) is 5.79. The van der Waals surface area contributed by atoms with Crippen molar-refractivity contribution in [3.8, 4) is 11.3 Å². The molecule has 1 aliphatic heterocycles. The number of nitrogens with one attached hydrogen (secondary N) is 2. The molecule has 0 bridgehead atoms. The number of hydrogen-bond acceptors (Lipinski definition) is 5. The summed E-state index contributed by atoms with van der Waals surface area (Å²) in [5.41, 5.74) is 4.48. The number of halogens is 1. The zero-order valence-corrected chi connectivity index (χ0v) is 20.3. The number of ether oxygens (including phenoxy) is 1. The Labute approximate surface area is 202 Å². The number of thiazole rings is 1. The van der Waals surface area contributed by atoms with Crippen molar-refractivity contribution in [3.63, 3.8) is 0 Å². The normalized spacial score (nSPS) is 14.9. The van der Waals surface area contributed by atoms with Gasteiger partial charge in [0.15, 0.2) is 4.80 Å². The van der Waals surface area contributed by atoms with Crippen molar-refractivity contribution in [1.29, 1.82) is 0 Å². The van der Waals surface area contributed by atoms with E-state index in [1.807, 2.05) is 6.07 Å². The molecule has 180 valence electrons. The zero-order valence-electron chi connectivity index (χ0n) is 19.5. The van der Waals surface area contributed by atoms with Crippen LogP contribution in [-0.4, -0.2) is 55.4 Å². The maximum Gasteiger partial charge on any atom is 0.314 e. The Kier molecular flexibility index (Phi) is 8.10. The number of carbonyl (C=O) groups is 1. The van der Waals surface area contributed by atoms with Gasteiger partial charge in [-0.2, -0.15) is 0 Å². The van der Waals surface area contributed by atoms with Gasteiger partial charge in [0.2, 0.25) is 0 Å². The third kappa shape index (κ3) is 6.11. The number of benzene rings is 2. The fraction of sp³-hybridized carbons (Fsp3) is 0.360. The first kappa shape index (κ1) is 24.1. The number of aryl methyl sites for hydroxylation is 1. The van der Waals surface area contributed by atoms with E-state index in [0.717, 1.165) is 48.9 Å². The largest absolute Gasteiger partial charge is 0.379 e. The Balaban J connectivity index is 1.61. The Hall–Kier alpha value is -3.01. The quantitative estimate of drug-likeness (QED) is 0.539. The van der Waals surface area contributed by atoms with Gasteiger partial charge in [0.1, 0.15) is 5.82 Å². The summed E-state index contributed by atoms with van der Waals surface area (Å²) in [6.07, 6.45) is 0. The standard InChI is InChI=1S/C25H30FN5O2S/c1-18-3-8-21(15-22(18)26)29-25-31(10-9-28-24(32)27-2)23(17-34-25)20-6-4-19(5-7-20)16-30-11-13-33-14-12-30/h3-8,15,17H,9-14,16H2,1-2H3,(H2,27,28,32). The molecule has 0 spiro atoms. The summed E-state index contributed by atoms with van der Waals surface area (Å²) in [6, 6.07) is 13.3. The van der Waals surface area contributed by atoms with E-state index in [1.54, 1.807) is 20.0 Å². The fourth-order valence-corrected chi connectivity index (χ4v) is 4.75. The second-order valence-corrected chi connectivity index (χ2v) is 9.03. The lowest BCUT2D eigenvalue weighted by molar-refractivity contribution is 0.0342. The topological polar surface area (TPSA) is 70.9 Å². The second kappa shape index (κ2) is 11.4. The van der Waals surface area contributed by atoms with Gasteiger partial charge in [-0.05, 0) is 35.7 Å². The van der Waals surface area contributed by atoms with Crippen molar-refractivity contribution in [2.45, 2.75) is 20.0 Å². The lowest BCUT2D eigenvalue weighted by Crippen LogP contribution is -2.36. The summed E-state index contributed by atoms with van der Waals surface area (Å²) in [4.78, 5) is 19.5. The molecule has 9 heteroatoms. The van der Waals surface area contributed by atoms with Crippen LogP contribution in [0, 0.1) is 12.7 Å². The summed E-state index contributed by atoms with van der Waals surface area (Å²) in [5, 5.41) is 7.45. The van der Waals surface area contributed by atoms with Gasteiger partial charge in [-0.3, -0.25) is 4.90 Å². The summed E-state index contributed by atoms with van der Waals surface area (Å²) in [7, 11) is 1.59. The molecular weight excluding hydrogens is 453 g/mol. The molecule has 3 aromatic rings. The Bertz CT molecular complexity index is 1180. The second-order valence-electron chi connectivity index (χ2n) is 8.19. The van der Waals surface area contributed by atoms with Gasteiger partial charge in [0.25, 0.3) is 0 Å². The van der Waals surface area contributed by atoms with E-state index in [-0.39, 0.29) is 11.8 Å². The van der Waals surface area contributed by atoms with Crippen LogP contribution in [0.5, 0.6) is 0 Å². The average Bonchev–Trinajstić information content (AvgIpc) is 3.24. The molecule has 0 unspecified atom stereocenters. The highest BCUT2D eigenvalue weighted by atomic mass is 32.1. The molecule has 2 amide bonds. The van der Waals surface area contributed by atoms with Crippen molar-refractivity contribution in [2.24, 2.45) is 4.99 Å². The smallest absolute Gasteiger partial charge is 0.314 e. The van der Waals surface area contributed by atoms with Gasteiger partial charge in [-0.25, -0.2) is 14.2 Å². The predicted molar refractivity (Wildman–Crippen MR) is 133 cm³/mol. The lowest BCUT2D eigenvalue weighted by Gasteiger charge is -2.26. The summed E-state index contributed by atoms with van der Waals surface area (Å²) in [6.45, 7) is 7.09. The molecule has 0 aliphatic carbocycles. The van der Waals surface area contributed by atoms with E-state index >= 15 is 0 Å². The highest BCUT2D eigenvalue weighted by Gasteiger charge is 2.12. The number of nitrogens with zero attached hydrogens (tertiary/aromatic N) is 3. The number of rotatable bonds is 7. The number of morpholine rings is 1. The molecule has 2 N–H and O–H groups in total. The lowest BCUT2D eigenvalue weighted by atomic mass is 10.1. The van der Waals surface area contributed by atoms with E-state index in [1.165, 1.54) is 23.0 Å². The molecule has 4 rings (SSSR count). The van der Waals surface area contributed by atoms with E-state index in [0.29, 0.717) is 24.3 Å². The van der Waals surface area contributed by atoms with Crippen LogP contribution in [0.1, 0.15) is 11.1 Å². The summed E-state index contributed by atoms with van der Waals surface area (Å²) in [5.74, 6) is -0.276. The first-order valence-electron chi connectivity index (χ1n) is 11.4. The van der Waals surface area contributed by atoms with Crippen LogP contribution >= 0.6 is 11.3 Å². The van der Waals surface area contributed by atoms with Crippen LogP contribution in [0.4, 0.5) is 14.9 Å². The molecule has 1 aromatic heterocycles. The maximum atomic E-state index is 14.1. The monoisotopic (exact) mass is 483 g/mol. The molecule has 34 heavy (non-hydrogen) atoms.